The van der Waals surface area contributed by atoms with Gasteiger partial charge in [0, 0.05) is 19.2 Å². The molecule has 32 heavy (non-hydrogen) atoms. The van der Waals surface area contributed by atoms with Crippen molar-refractivity contribution < 1.29 is 9.53 Å². The van der Waals surface area contributed by atoms with Gasteiger partial charge in [0.25, 0.3) is 0 Å². The topological polar surface area (TPSA) is 67.9 Å². The van der Waals surface area contributed by atoms with E-state index in [1.807, 2.05) is 7.11 Å². The molecular weight excluding hydrogens is 398 g/mol. The van der Waals surface area contributed by atoms with Crippen LogP contribution in [0.15, 0.2) is 12.4 Å². The summed E-state index contributed by atoms with van der Waals surface area (Å²) in [5.74, 6) is 3.36. The number of methoxy groups -OCH3 is 1. The molecule has 1 heterocycles. The predicted molar refractivity (Wildman–Crippen MR) is 125 cm³/mol. The van der Waals surface area contributed by atoms with Crippen molar-refractivity contribution in [1.29, 1.82) is 5.26 Å². The van der Waals surface area contributed by atoms with Crippen LogP contribution in [-0.4, -0.2) is 29.3 Å². The number of carbonyl (C=O) groups excluding carboxylic acids is 1. The number of aromatic nitrogens is 2. The van der Waals surface area contributed by atoms with Crippen LogP contribution in [0.25, 0.3) is 0 Å². The molecule has 3 unspecified atom stereocenters. The van der Waals surface area contributed by atoms with Gasteiger partial charge >= 0.3 is 0 Å². The van der Waals surface area contributed by atoms with Crippen LogP contribution in [0.5, 0.6) is 0 Å². The second-order valence-corrected chi connectivity index (χ2v) is 11.5. The van der Waals surface area contributed by atoms with Crippen molar-refractivity contribution >= 4 is 5.78 Å². The first-order valence-electron chi connectivity index (χ1n) is 12.8. The number of nitriles is 1. The Morgan fingerprint density at radius 1 is 1.25 bits per heavy atom. The van der Waals surface area contributed by atoms with Gasteiger partial charge in [-0.15, -0.1) is 0 Å². The Labute approximate surface area is 193 Å². The summed E-state index contributed by atoms with van der Waals surface area (Å²) in [5, 5.41) is 13.2. The highest BCUT2D eigenvalue weighted by molar-refractivity contribution is 5.82. The summed E-state index contributed by atoms with van der Waals surface area (Å²) < 4.78 is 7.54. The lowest BCUT2D eigenvalue weighted by Gasteiger charge is -2.55. The van der Waals surface area contributed by atoms with Crippen LogP contribution in [0.3, 0.4) is 0 Å². The number of carbonyl (C=O) groups is 1. The van der Waals surface area contributed by atoms with Crippen LogP contribution < -0.4 is 0 Å². The molecule has 5 nitrogen and oxygen atoms in total. The molecule has 0 amide bonds. The van der Waals surface area contributed by atoms with Gasteiger partial charge in [0.2, 0.25) is 0 Å². The molecule has 4 rings (SSSR count). The van der Waals surface area contributed by atoms with Gasteiger partial charge in [-0.3, -0.25) is 9.48 Å². The Morgan fingerprint density at radius 2 is 2.06 bits per heavy atom. The molecule has 0 bridgehead atoms. The summed E-state index contributed by atoms with van der Waals surface area (Å²) in [5.41, 5.74) is 0.948. The molecule has 0 aliphatic heterocycles. The molecule has 3 saturated carbocycles. The number of ketones is 1. The SMILES string of the molecule is CCC1C[C@@H](C)CC[C@]1(COC)C1CC[C@@]2(C)C(CC[C@@H]2C(=O)Cn2cc(C#N)cn2)C1. The molecule has 0 spiro atoms. The van der Waals surface area contributed by atoms with Gasteiger partial charge in [-0.1, -0.05) is 33.6 Å². The maximum absolute atomic E-state index is 13.3. The van der Waals surface area contributed by atoms with E-state index in [4.69, 9.17) is 10.00 Å². The lowest BCUT2D eigenvalue weighted by molar-refractivity contribution is -0.130. The van der Waals surface area contributed by atoms with Crippen LogP contribution in [-0.2, 0) is 16.1 Å². The highest BCUT2D eigenvalue weighted by Gasteiger charge is 2.56. The van der Waals surface area contributed by atoms with E-state index >= 15 is 0 Å². The highest BCUT2D eigenvalue weighted by atomic mass is 16.5. The van der Waals surface area contributed by atoms with E-state index in [9.17, 15) is 4.79 Å². The van der Waals surface area contributed by atoms with Crippen molar-refractivity contribution in [2.45, 2.75) is 85.1 Å². The summed E-state index contributed by atoms with van der Waals surface area (Å²) in [4.78, 5) is 13.3. The Kier molecular flexibility index (Phi) is 6.82. The Hall–Kier alpha value is -1.67. The number of ether oxygens (including phenoxy) is 1. The number of fused-ring (bicyclic) bond motifs is 1. The summed E-state index contributed by atoms with van der Waals surface area (Å²) in [7, 11) is 1.89. The zero-order valence-electron chi connectivity index (χ0n) is 20.5. The molecule has 7 atom stereocenters. The molecule has 3 aliphatic rings. The van der Waals surface area contributed by atoms with Crippen LogP contribution in [0.2, 0.25) is 0 Å². The average Bonchev–Trinajstić information content (AvgIpc) is 3.38. The minimum absolute atomic E-state index is 0.108. The normalized spacial score (nSPS) is 39.4. The molecule has 3 aliphatic carbocycles. The van der Waals surface area contributed by atoms with Crippen LogP contribution in [0.4, 0.5) is 0 Å². The fourth-order valence-corrected chi connectivity index (χ4v) is 8.10. The number of rotatable bonds is 7. The van der Waals surface area contributed by atoms with Crippen molar-refractivity contribution in [3.05, 3.63) is 18.0 Å². The second-order valence-electron chi connectivity index (χ2n) is 11.5. The Balaban J connectivity index is 1.48. The summed E-state index contributed by atoms with van der Waals surface area (Å²) in [6, 6.07) is 2.10. The second kappa shape index (κ2) is 9.29. The predicted octanol–water partition coefficient (Wildman–Crippen LogP) is 5.64. The van der Waals surface area contributed by atoms with Crippen molar-refractivity contribution in [3.63, 3.8) is 0 Å². The van der Waals surface area contributed by atoms with E-state index in [-0.39, 0.29) is 11.3 Å². The zero-order valence-corrected chi connectivity index (χ0v) is 20.5. The monoisotopic (exact) mass is 439 g/mol. The molecule has 1 aromatic rings. The van der Waals surface area contributed by atoms with E-state index in [1.165, 1.54) is 44.9 Å². The quantitative estimate of drug-likeness (QED) is 0.552. The maximum atomic E-state index is 13.3. The smallest absolute Gasteiger partial charge is 0.157 e. The van der Waals surface area contributed by atoms with Gasteiger partial charge in [0.15, 0.2) is 5.78 Å². The molecule has 0 radical (unpaired) electrons. The van der Waals surface area contributed by atoms with E-state index in [0.29, 0.717) is 29.2 Å². The van der Waals surface area contributed by atoms with Crippen LogP contribution in [0.1, 0.15) is 84.1 Å². The summed E-state index contributed by atoms with van der Waals surface area (Å²) in [6.45, 7) is 8.37. The fourth-order valence-electron chi connectivity index (χ4n) is 8.10. The van der Waals surface area contributed by atoms with E-state index in [0.717, 1.165) is 37.2 Å². The van der Waals surface area contributed by atoms with Crippen molar-refractivity contribution in [2.24, 2.45) is 40.4 Å². The Bertz CT molecular complexity index is 857. The highest BCUT2D eigenvalue weighted by Crippen LogP contribution is 2.62. The van der Waals surface area contributed by atoms with Gasteiger partial charge < -0.3 is 4.74 Å². The first-order valence-corrected chi connectivity index (χ1v) is 12.8. The lowest BCUT2D eigenvalue weighted by Crippen LogP contribution is -2.49. The number of hydrogen-bond acceptors (Lipinski definition) is 4. The third-order valence-electron chi connectivity index (χ3n) is 9.92. The number of Topliss-reactive ketones (excluding diaryl/α,β-unsaturated/α-hetero) is 1. The third kappa shape index (κ3) is 4.04. The average molecular weight is 440 g/mol. The Morgan fingerprint density at radius 3 is 2.75 bits per heavy atom. The number of hydrogen-bond donors (Lipinski definition) is 0. The molecular formula is C27H41N3O2. The van der Waals surface area contributed by atoms with Gasteiger partial charge in [-0.2, -0.15) is 10.4 Å². The first-order chi connectivity index (χ1) is 15.4. The summed E-state index contributed by atoms with van der Waals surface area (Å²) in [6.07, 6.45) is 14.3. The molecule has 0 aromatic carbocycles. The fraction of sp³-hybridized carbons (Fsp3) is 0.815. The van der Waals surface area contributed by atoms with Gasteiger partial charge in [0.05, 0.1) is 24.9 Å². The minimum Gasteiger partial charge on any atom is -0.384 e. The van der Waals surface area contributed by atoms with Crippen molar-refractivity contribution in [2.75, 3.05) is 13.7 Å². The zero-order chi connectivity index (χ0) is 22.9. The maximum Gasteiger partial charge on any atom is 0.157 e. The molecule has 0 N–H and O–H groups in total. The largest absolute Gasteiger partial charge is 0.384 e. The molecule has 5 heteroatoms. The van der Waals surface area contributed by atoms with Gasteiger partial charge in [-0.05, 0) is 79.4 Å². The first kappa shape index (κ1) is 23.5. The molecule has 3 fully saturated rings. The minimum atomic E-state index is 0.108. The van der Waals surface area contributed by atoms with E-state index < -0.39 is 0 Å². The molecule has 1 aromatic heterocycles. The van der Waals surface area contributed by atoms with Crippen LogP contribution in [0, 0.1) is 51.8 Å². The van der Waals surface area contributed by atoms with Crippen LogP contribution >= 0.6 is 0 Å². The standard InChI is InChI=1S/C27H41N3O2/c1-5-21-12-19(2)8-11-27(21,18-32-4)23-9-10-26(3)22(13-23)6-7-24(26)25(31)17-30-16-20(14-28)15-29-30/h15-16,19,21-24H,5-13,17-18H2,1-4H3/t19-,21?,22?,23?,24+,26-,27+/m0/s1. The van der Waals surface area contributed by atoms with E-state index in [1.54, 1.807) is 17.1 Å². The lowest BCUT2D eigenvalue weighted by atomic mass is 9.51. The summed E-state index contributed by atoms with van der Waals surface area (Å²) >= 11 is 0. The third-order valence-corrected chi connectivity index (χ3v) is 9.92. The van der Waals surface area contributed by atoms with Gasteiger partial charge in [0.1, 0.15) is 6.07 Å². The van der Waals surface area contributed by atoms with E-state index in [2.05, 4.69) is 31.9 Å². The molecule has 0 saturated heterocycles. The van der Waals surface area contributed by atoms with Gasteiger partial charge in [-0.25, -0.2) is 0 Å². The van der Waals surface area contributed by atoms with Crippen molar-refractivity contribution in [3.8, 4) is 6.07 Å². The number of nitrogens with zero attached hydrogens (tertiary/aromatic N) is 3. The molecule has 176 valence electrons. The van der Waals surface area contributed by atoms with Crippen molar-refractivity contribution in [1.82, 2.24) is 9.78 Å².